The van der Waals surface area contributed by atoms with Crippen LogP contribution in [0.1, 0.15) is 30.5 Å². The lowest BCUT2D eigenvalue weighted by atomic mass is 10.0. The molecule has 0 radical (unpaired) electrons. The molecule has 0 bridgehead atoms. The van der Waals surface area contributed by atoms with Crippen molar-refractivity contribution in [1.82, 2.24) is 4.90 Å². The minimum Gasteiger partial charge on any atom is -0.372 e. The van der Waals surface area contributed by atoms with Crippen molar-refractivity contribution in [2.24, 2.45) is 0 Å². The van der Waals surface area contributed by atoms with Crippen LogP contribution in [0.2, 0.25) is 5.02 Å². The quantitative estimate of drug-likeness (QED) is 0.687. The van der Waals surface area contributed by atoms with Crippen LogP contribution >= 0.6 is 11.6 Å². The Kier molecular flexibility index (Phi) is 5.43. The van der Waals surface area contributed by atoms with Crippen molar-refractivity contribution in [3.05, 3.63) is 69.9 Å². The predicted molar refractivity (Wildman–Crippen MR) is 118 cm³/mol. The lowest BCUT2D eigenvalue weighted by Crippen LogP contribution is -2.47. The Morgan fingerprint density at radius 2 is 1.53 bits per heavy atom. The number of aryl methyl sites for hydroxylation is 2. The second-order valence-electron chi connectivity index (χ2n) is 8.11. The Balaban J connectivity index is 1.84. The molecule has 1 fully saturated rings. The van der Waals surface area contributed by atoms with E-state index in [1.54, 1.807) is 24.3 Å². The van der Waals surface area contributed by atoms with Gasteiger partial charge in [0.1, 0.15) is 5.70 Å². The van der Waals surface area contributed by atoms with Gasteiger partial charge in [0.25, 0.3) is 11.8 Å². The Morgan fingerprint density at radius 1 is 0.900 bits per heavy atom. The number of hydrogen-bond donors (Lipinski definition) is 0. The van der Waals surface area contributed by atoms with Gasteiger partial charge < -0.3 is 9.64 Å². The van der Waals surface area contributed by atoms with E-state index in [1.165, 1.54) is 4.90 Å². The van der Waals surface area contributed by atoms with Gasteiger partial charge in [0.15, 0.2) is 0 Å². The zero-order valence-corrected chi connectivity index (χ0v) is 18.4. The Bertz CT molecular complexity index is 1030. The van der Waals surface area contributed by atoms with Gasteiger partial charge >= 0.3 is 0 Å². The molecule has 0 N–H and O–H groups in total. The lowest BCUT2D eigenvalue weighted by Gasteiger charge is -2.37. The molecule has 0 aromatic heterocycles. The summed E-state index contributed by atoms with van der Waals surface area (Å²) in [7, 11) is 0. The van der Waals surface area contributed by atoms with Gasteiger partial charge in [-0.05, 0) is 68.7 Å². The number of halogens is 1. The van der Waals surface area contributed by atoms with Crippen molar-refractivity contribution in [3.63, 3.8) is 0 Å². The van der Waals surface area contributed by atoms with E-state index < -0.39 is 0 Å². The first-order valence-corrected chi connectivity index (χ1v) is 10.5. The van der Waals surface area contributed by atoms with Crippen molar-refractivity contribution in [1.29, 1.82) is 0 Å². The monoisotopic (exact) mass is 424 g/mol. The number of ether oxygens (including phenoxy) is 1. The van der Waals surface area contributed by atoms with Crippen molar-refractivity contribution in [2.75, 3.05) is 18.0 Å². The van der Waals surface area contributed by atoms with Gasteiger partial charge in [0.2, 0.25) is 0 Å². The molecule has 6 heteroatoms. The van der Waals surface area contributed by atoms with Crippen LogP contribution in [-0.4, -0.2) is 42.0 Å². The van der Waals surface area contributed by atoms with Crippen LogP contribution in [0.4, 0.5) is 5.69 Å². The molecule has 2 atom stereocenters. The summed E-state index contributed by atoms with van der Waals surface area (Å²) in [5.74, 6) is -0.609. The first-order chi connectivity index (χ1) is 14.3. The molecule has 2 aliphatic heterocycles. The topological polar surface area (TPSA) is 49.9 Å². The fraction of sp³-hybridized carbons (Fsp3) is 0.333. The number of nitrogens with zero attached hydrogens (tertiary/aromatic N) is 2. The number of morpholine rings is 1. The molecule has 0 spiro atoms. The van der Waals surface area contributed by atoms with E-state index in [2.05, 4.69) is 0 Å². The molecule has 4 rings (SSSR count). The SMILES string of the molecule is Cc1ccc(N2C(=O)C(c3ccc(Cl)cc3)=C(N3CC(C)OC(C)C3)C2=O)cc1C. The van der Waals surface area contributed by atoms with Gasteiger partial charge in [-0.3, -0.25) is 9.59 Å². The fourth-order valence-electron chi connectivity index (χ4n) is 4.15. The van der Waals surface area contributed by atoms with E-state index >= 15 is 0 Å². The highest BCUT2D eigenvalue weighted by molar-refractivity contribution is 6.45. The lowest BCUT2D eigenvalue weighted by molar-refractivity contribution is -0.121. The van der Waals surface area contributed by atoms with Gasteiger partial charge in [0.05, 0.1) is 23.5 Å². The summed E-state index contributed by atoms with van der Waals surface area (Å²) in [4.78, 5) is 30.5. The summed E-state index contributed by atoms with van der Waals surface area (Å²) in [6.45, 7) is 9.05. The molecule has 0 saturated carbocycles. The largest absolute Gasteiger partial charge is 0.372 e. The number of amides is 2. The maximum atomic E-state index is 13.6. The molecule has 0 aliphatic carbocycles. The van der Waals surface area contributed by atoms with E-state index in [9.17, 15) is 9.59 Å². The number of hydrogen-bond acceptors (Lipinski definition) is 4. The fourth-order valence-corrected chi connectivity index (χ4v) is 4.27. The zero-order chi connectivity index (χ0) is 21.6. The van der Waals surface area contributed by atoms with E-state index in [0.717, 1.165) is 11.1 Å². The van der Waals surface area contributed by atoms with Gasteiger partial charge in [0, 0.05) is 18.1 Å². The summed E-state index contributed by atoms with van der Waals surface area (Å²) in [6.07, 6.45) is -0.0717. The molecule has 2 unspecified atom stereocenters. The minimum absolute atomic E-state index is 0.0358. The zero-order valence-electron chi connectivity index (χ0n) is 17.6. The van der Waals surface area contributed by atoms with Crippen LogP contribution in [0.25, 0.3) is 5.57 Å². The third-order valence-corrected chi connectivity index (χ3v) is 5.93. The summed E-state index contributed by atoms with van der Waals surface area (Å²) in [6, 6.07) is 12.7. The van der Waals surface area contributed by atoms with E-state index in [-0.39, 0.29) is 24.0 Å². The van der Waals surface area contributed by atoms with E-state index in [0.29, 0.717) is 40.6 Å². The number of anilines is 1. The molecule has 2 amide bonds. The molecule has 30 heavy (non-hydrogen) atoms. The Hall–Kier alpha value is -2.63. The third kappa shape index (κ3) is 3.64. The first-order valence-electron chi connectivity index (χ1n) is 10.1. The standard InChI is InChI=1S/C24H25ClN2O3/c1-14-5-10-20(11-15(14)2)27-23(28)21(18-6-8-19(25)9-7-18)22(24(27)29)26-12-16(3)30-17(4)13-26/h5-11,16-17H,12-13H2,1-4H3. The molecule has 1 saturated heterocycles. The highest BCUT2D eigenvalue weighted by Crippen LogP contribution is 2.36. The average Bonchev–Trinajstić information content (AvgIpc) is 2.94. The van der Waals surface area contributed by atoms with Crippen molar-refractivity contribution in [2.45, 2.75) is 39.9 Å². The number of benzene rings is 2. The Labute approximate surface area is 181 Å². The van der Waals surface area contributed by atoms with Gasteiger partial charge in [-0.25, -0.2) is 4.90 Å². The van der Waals surface area contributed by atoms with Crippen molar-refractivity contribution >= 4 is 34.7 Å². The maximum Gasteiger partial charge on any atom is 0.282 e. The smallest absolute Gasteiger partial charge is 0.282 e. The molecule has 5 nitrogen and oxygen atoms in total. The van der Waals surface area contributed by atoms with Gasteiger partial charge in [-0.1, -0.05) is 29.8 Å². The molecule has 2 aromatic carbocycles. The van der Waals surface area contributed by atoms with Crippen LogP contribution in [0.5, 0.6) is 0 Å². The molecular weight excluding hydrogens is 400 g/mol. The average molecular weight is 425 g/mol. The van der Waals surface area contributed by atoms with Crippen molar-refractivity contribution in [3.8, 4) is 0 Å². The van der Waals surface area contributed by atoms with Crippen LogP contribution in [-0.2, 0) is 14.3 Å². The second-order valence-corrected chi connectivity index (χ2v) is 8.54. The highest BCUT2D eigenvalue weighted by atomic mass is 35.5. The van der Waals surface area contributed by atoms with Crippen LogP contribution < -0.4 is 4.90 Å². The maximum absolute atomic E-state index is 13.6. The summed E-state index contributed by atoms with van der Waals surface area (Å²) < 4.78 is 5.84. The summed E-state index contributed by atoms with van der Waals surface area (Å²) in [5, 5.41) is 0.581. The van der Waals surface area contributed by atoms with Gasteiger partial charge in [-0.15, -0.1) is 0 Å². The number of carbonyl (C=O) groups is 2. The molecule has 2 aromatic rings. The van der Waals surface area contributed by atoms with E-state index in [4.69, 9.17) is 16.3 Å². The first kappa shape index (κ1) is 20.6. The van der Waals surface area contributed by atoms with Crippen LogP contribution in [0.3, 0.4) is 0 Å². The molecule has 2 aliphatic rings. The summed E-state index contributed by atoms with van der Waals surface area (Å²) in [5.41, 5.74) is 4.26. The summed E-state index contributed by atoms with van der Waals surface area (Å²) >= 11 is 6.06. The number of rotatable bonds is 3. The highest BCUT2D eigenvalue weighted by Gasteiger charge is 2.43. The van der Waals surface area contributed by atoms with E-state index in [1.807, 2.05) is 50.8 Å². The third-order valence-electron chi connectivity index (χ3n) is 5.68. The molecule has 2 heterocycles. The predicted octanol–water partition coefficient (Wildman–Crippen LogP) is 4.35. The normalized spacial score (nSPS) is 22.3. The number of imide groups is 1. The second kappa shape index (κ2) is 7.89. The molecular formula is C24H25ClN2O3. The Morgan fingerprint density at radius 3 is 2.13 bits per heavy atom. The number of carbonyl (C=O) groups excluding carboxylic acids is 2. The van der Waals surface area contributed by atoms with Crippen LogP contribution in [0, 0.1) is 13.8 Å². The van der Waals surface area contributed by atoms with Crippen molar-refractivity contribution < 1.29 is 14.3 Å². The molecule has 156 valence electrons. The van der Waals surface area contributed by atoms with Crippen LogP contribution in [0.15, 0.2) is 48.2 Å². The van der Waals surface area contributed by atoms with Gasteiger partial charge in [-0.2, -0.15) is 0 Å². The minimum atomic E-state index is -0.313.